The van der Waals surface area contributed by atoms with Crippen molar-refractivity contribution >= 4 is 11.7 Å². The second-order valence-corrected chi connectivity index (χ2v) is 6.91. The molecule has 3 aromatic rings. The Kier molecular flexibility index (Phi) is 4.66. The molecule has 4 rings (SSSR count). The molecule has 2 aromatic heterocycles. The number of anilines is 1. The van der Waals surface area contributed by atoms with Crippen molar-refractivity contribution in [2.45, 2.75) is 18.9 Å². The molecule has 3 heterocycles. The number of piperidine rings is 1. The number of hydrogen-bond acceptors (Lipinski definition) is 3. The Bertz CT molecular complexity index is 930. The number of benzene rings is 1. The Morgan fingerprint density at radius 2 is 2.11 bits per heavy atom. The van der Waals surface area contributed by atoms with Crippen molar-refractivity contribution in [3.05, 3.63) is 60.2 Å². The van der Waals surface area contributed by atoms with Gasteiger partial charge in [-0.15, -0.1) is 0 Å². The molecule has 7 heteroatoms. The first-order chi connectivity index (χ1) is 13.1. The lowest BCUT2D eigenvalue weighted by Gasteiger charge is -2.33. The quantitative estimate of drug-likeness (QED) is 0.745. The van der Waals surface area contributed by atoms with E-state index in [-0.39, 0.29) is 17.8 Å². The molecule has 1 atom stereocenters. The molecule has 0 saturated carbocycles. The van der Waals surface area contributed by atoms with Crippen molar-refractivity contribution < 1.29 is 9.18 Å². The summed E-state index contributed by atoms with van der Waals surface area (Å²) in [6.07, 6.45) is 3.79. The van der Waals surface area contributed by atoms with Crippen LogP contribution in [0.4, 0.5) is 10.2 Å². The first-order valence-corrected chi connectivity index (χ1v) is 9.08. The van der Waals surface area contributed by atoms with Crippen LogP contribution in [0.2, 0.25) is 0 Å². The van der Waals surface area contributed by atoms with Crippen LogP contribution >= 0.6 is 0 Å². The van der Waals surface area contributed by atoms with E-state index in [1.165, 1.54) is 12.1 Å². The molecule has 1 amide bonds. The van der Waals surface area contributed by atoms with Crippen molar-refractivity contribution in [1.82, 2.24) is 20.1 Å². The fraction of sp³-hybridized carbons (Fsp3) is 0.300. The van der Waals surface area contributed by atoms with Gasteiger partial charge in [0.15, 0.2) is 5.82 Å². The van der Waals surface area contributed by atoms with Crippen LogP contribution in [0.15, 0.2) is 48.7 Å². The van der Waals surface area contributed by atoms with Gasteiger partial charge < -0.3 is 14.8 Å². The van der Waals surface area contributed by atoms with Crippen LogP contribution in [0.25, 0.3) is 11.3 Å². The van der Waals surface area contributed by atoms with Gasteiger partial charge in [0.1, 0.15) is 11.5 Å². The summed E-state index contributed by atoms with van der Waals surface area (Å²) in [4.78, 5) is 14.6. The third kappa shape index (κ3) is 3.72. The summed E-state index contributed by atoms with van der Waals surface area (Å²) >= 11 is 0. The third-order valence-electron chi connectivity index (χ3n) is 4.98. The first kappa shape index (κ1) is 17.3. The number of H-pyrrole nitrogens is 1. The topological polar surface area (TPSA) is 66.0 Å². The summed E-state index contributed by atoms with van der Waals surface area (Å²) < 4.78 is 14.9. The molecular weight excluding hydrogens is 345 g/mol. The van der Waals surface area contributed by atoms with Gasteiger partial charge in [0.2, 0.25) is 0 Å². The van der Waals surface area contributed by atoms with E-state index in [1.54, 1.807) is 12.1 Å². The van der Waals surface area contributed by atoms with Crippen LogP contribution in [0.3, 0.4) is 0 Å². The van der Waals surface area contributed by atoms with E-state index in [1.807, 2.05) is 36.0 Å². The lowest BCUT2D eigenvalue weighted by molar-refractivity contribution is 0.0925. The molecule has 1 aliphatic heterocycles. The van der Waals surface area contributed by atoms with Crippen molar-refractivity contribution in [2.75, 3.05) is 18.0 Å². The van der Waals surface area contributed by atoms with Crippen LogP contribution in [0.1, 0.15) is 23.3 Å². The molecule has 1 aliphatic rings. The van der Waals surface area contributed by atoms with Crippen LogP contribution < -0.4 is 10.2 Å². The minimum atomic E-state index is -0.258. The van der Waals surface area contributed by atoms with Gasteiger partial charge in [-0.25, -0.2) is 4.39 Å². The molecule has 1 aromatic carbocycles. The van der Waals surface area contributed by atoms with E-state index < -0.39 is 0 Å². The highest BCUT2D eigenvalue weighted by Crippen LogP contribution is 2.24. The van der Waals surface area contributed by atoms with Gasteiger partial charge in [0.05, 0.1) is 5.69 Å². The number of aryl methyl sites for hydroxylation is 1. The zero-order chi connectivity index (χ0) is 18.8. The summed E-state index contributed by atoms with van der Waals surface area (Å²) in [6.45, 7) is 1.61. The van der Waals surface area contributed by atoms with Crippen LogP contribution in [-0.2, 0) is 7.05 Å². The SMILES string of the molecule is Cn1cccc1C(=O)N[C@@H]1CCCN(c2cc(-c3ccc(F)cc3)[nH]n2)C1. The fourth-order valence-corrected chi connectivity index (χ4v) is 3.51. The highest BCUT2D eigenvalue weighted by atomic mass is 19.1. The van der Waals surface area contributed by atoms with Crippen molar-refractivity contribution in [3.8, 4) is 11.3 Å². The van der Waals surface area contributed by atoms with Gasteiger partial charge in [0.25, 0.3) is 5.91 Å². The maximum absolute atomic E-state index is 13.1. The standard InChI is InChI=1S/C20H22FN5O/c1-25-10-3-5-18(25)20(27)22-16-4-2-11-26(13-16)19-12-17(23-24-19)14-6-8-15(21)9-7-14/h3,5-10,12,16H,2,4,11,13H2,1H3,(H,22,27)(H,23,24)/t16-/m1/s1. The van der Waals surface area contributed by atoms with Crippen molar-refractivity contribution in [3.63, 3.8) is 0 Å². The Labute approximate surface area is 157 Å². The minimum absolute atomic E-state index is 0.0524. The largest absolute Gasteiger partial charge is 0.353 e. The molecule has 27 heavy (non-hydrogen) atoms. The third-order valence-corrected chi connectivity index (χ3v) is 4.98. The normalized spacial score (nSPS) is 17.1. The van der Waals surface area contributed by atoms with Crippen LogP contribution in [0, 0.1) is 5.82 Å². The zero-order valence-electron chi connectivity index (χ0n) is 15.2. The summed E-state index contributed by atoms with van der Waals surface area (Å²) in [7, 11) is 1.86. The number of halogens is 1. The monoisotopic (exact) mass is 367 g/mol. The minimum Gasteiger partial charge on any atom is -0.353 e. The zero-order valence-corrected chi connectivity index (χ0v) is 15.2. The number of nitrogens with one attached hydrogen (secondary N) is 2. The highest BCUT2D eigenvalue weighted by molar-refractivity contribution is 5.93. The molecule has 1 fully saturated rings. The first-order valence-electron chi connectivity index (χ1n) is 9.08. The van der Waals surface area contributed by atoms with Gasteiger partial charge in [-0.05, 0) is 54.8 Å². The lowest BCUT2D eigenvalue weighted by Crippen LogP contribution is -2.48. The average molecular weight is 367 g/mol. The molecule has 0 unspecified atom stereocenters. The summed E-state index contributed by atoms with van der Waals surface area (Å²) in [5.41, 5.74) is 2.39. The Morgan fingerprint density at radius 1 is 1.30 bits per heavy atom. The number of rotatable bonds is 4. The van der Waals surface area contributed by atoms with E-state index in [2.05, 4.69) is 20.4 Å². The summed E-state index contributed by atoms with van der Waals surface area (Å²) in [6, 6.07) is 12.1. The second-order valence-electron chi connectivity index (χ2n) is 6.91. The Hall–Kier alpha value is -3.09. The molecule has 2 N–H and O–H groups in total. The molecule has 0 aliphatic carbocycles. The van der Waals surface area contributed by atoms with Gasteiger partial charge in [-0.3, -0.25) is 9.89 Å². The van der Waals surface area contributed by atoms with E-state index in [9.17, 15) is 9.18 Å². The molecular formula is C20H22FN5O. The second kappa shape index (κ2) is 7.26. The van der Waals surface area contributed by atoms with Gasteiger partial charge in [0, 0.05) is 38.4 Å². The Morgan fingerprint density at radius 3 is 2.85 bits per heavy atom. The molecule has 0 spiro atoms. The molecule has 0 radical (unpaired) electrons. The predicted molar refractivity (Wildman–Crippen MR) is 102 cm³/mol. The predicted octanol–water partition coefficient (Wildman–Crippen LogP) is 2.95. The number of nitrogens with zero attached hydrogens (tertiary/aromatic N) is 3. The Balaban J connectivity index is 1.43. The number of carbonyl (C=O) groups is 1. The maximum atomic E-state index is 13.1. The van der Waals surface area contributed by atoms with E-state index in [0.29, 0.717) is 12.2 Å². The van der Waals surface area contributed by atoms with Crippen molar-refractivity contribution in [2.24, 2.45) is 7.05 Å². The number of aromatic amines is 1. The fourth-order valence-electron chi connectivity index (χ4n) is 3.51. The number of amides is 1. The average Bonchev–Trinajstić information content (AvgIpc) is 3.32. The van der Waals surface area contributed by atoms with Gasteiger partial charge in [-0.2, -0.15) is 5.10 Å². The molecule has 140 valence electrons. The number of hydrogen-bond donors (Lipinski definition) is 2. The van der Waals surface area contributed by atoms with Crippen LogP contribution in [-0.4, -0.2) is 39.8 Å². The van der Waals surface area contributed by atoms with Crippen molar-refractivity contribution in [1.29, 1.82) is 0 Å². The lowest BCUT2D eigenvalue weighted by atomic mass is 10.1. The smallest absolute Gasteiger partial charge is 0.268 e. The highest BCUT2D eigenvalue weighted by Gasteiger charge is 2.24. The van der Waals surface area contributed by atoms with E-state index in [0.717, 1.165) is 36.5 Å². The van der Waals surface area contributed by atoms with Crippen LogP contribution in [0.5, 0.6) is 0 Å². The molecule has 6 nitrogen and oxygen atoms in total. The number of carbonyl (C=O) groups excluding carboxylic acids is 1. The van der Waals surface area contributed by atoms with Gasteiger partial charge in [-0.1, -0.05) is 0 Å². The summed E-state index contributed by atoms with van der Waals surface area (Å²) in [5, 5.41) is 10.6. The van der Waals surface area contributed by atoms with Gasteiger partial charge >= 0.3 is 0 Å². The van der Waals surface area contributed by atoms with E-state index in [4.69, 9.17) is 0 Å². The van der Waals surface area contributed by atoms with E-state index >= 15 is 0 Å². The maximum Gasteiger partial charge on any atom is 0.268 e. The molecule has 0 bridgehead atoms. The summed E-state index contributed by atoms with van der Waals surface area (Å²) in [5.74, 6) is 0.529. The number of aromatic nitrogens is 3. The molecule has 1 saturated heterocycles.